The first-order valence-electron chi connectivity index (χ1n) is 20.9. The number of pyridine rings is 2. The van der Waals surface area contributed by atoms with Crippen molar-refractivity contribution >= 4 is 41.4 Å². The number of rotatable bonds is 16. The number of likely N-dealkylation sites (tertiary alicyclic amines) is 2. The number of aliphatic hydroxyl groups is 3. The molecule has 18 nitrogen and oxygen atoms in total. The smallest absolute Gasteiger partial charge is 0.335 e. The molecule has 9 N–H and O–H groups in total. The Labute approximate surface area is 343 Å². The van der Waals surface area contributed by atoms with Crippen LogP contribution < -0.4 is 21.3 Å². The standard InChI is InChI=1S/C41H58N8O10/c50-31(47-33(37(53)54)40(58)15-21-48(22-16-40)32(51)8-2-1-6-28-12-9-26-5-3-19-42-35(26)44-28)25-30-14-11-27-10-13-29(45-36(27)46-30)7-4-20-43-39(57)49-23-17-41(59,18-24-49)34(52)38(55)56/h9-10,12-13,30,33-34,52,58-59H,1-8,11,14-25H2,(H,42,44)(H,43,57)(H,45,46)(H,47,50)(H,53,54)(H,55,56)/t30?,33-,34?/m0/s1. The maximum Gasteiger partial charge on any atom is 0.335 e. The molecule has 4 aliphatic heterocycles. The van der Waals surface area contributed by atoms with E-state index in [2.05, 4.69) is 33.4 Å². The summed E-state index contributed by atoms with van der Waals surface area (Å²) in [7, 11) is 0. The summed E-state index contributed by atoms with van der Waals surface area (Å²) < 4.78 is 0. The first kappa shape index (κ1) is 43.5. The molecule has 0 spiro atoms. The van der Waals surface area contributed by atoms with Gasteiger partial charge in [0.05, 0.1) is 5.60 Å². The van der Waals surface area contributed by atoms with Crippen molar-refractivity contribution in [2.45, 2.75) is 126 Å². The van der Waals surface area contributed by atoms with E-state index in [4.69, 9.17) is 15.1 Å². The number of unbranched alkanes of at least 4 members (excludes halogenated alkanes) is 1. The van der Waals surface area contributed by atoms with Crippen LogP contribution in [0.4, 0.5) is 16.4 Å². The van der Waals surface area contributed by atoms with Gasteiger partial charge in [0, 0.05) is 69.5 Å². The average Bonchev–Trinajstić information content (AvgIpc) is 3.22. The lowest BCUT2D eigenvalue weighted by Crippen LogP contribution is -2.61. The molecule has 59 heavy (non-hydrogen) atoms. The average molecular weight is 823 g/mol. The lowest BCUT2D eigenvalue weighted by molar-refractivity contribution is -0.168. The maximum atomic E-state index is 13.2. The highest BCUT2D eigenvalue weighted by atomic mass is 16.4. The summed E-state index contributed by atoms with van der Waals surface area (Å²) >= 11 is 0. The number of hydrogen-bond donors (Lipinski definition) is 9. The predicted octanol–water partition coefficient (Wildman–Crippen LogP) is 1.20. The van der Waals surface area contributed by atoms with Gasteiger partial charge in [0.2, 0.25) is 11.8 Å². The van der Waals surface area contributed by atoms with Crippen molar-refractivity contribution in [2.24, 2.45) is 0 Å². The summed E-state index contributed by atoms with van der Waals surface area (Å²) in [5.74, 6) is -1.80. The molecule has 2 fully saturated rings. The number of anilines is 2. The maximum absolute atomic E-state index is 13.2. The molecule has 6 rings (SSSR count). The van der Waals surface area contributed by atoms with Gasteiger partial charge in [0.25, 0.3) is 0 Å². The van der Waals surface area contributed by atoms with E-state index in [1.807, 2.05) is 12.1 Å². The third-order valence-electron chi connectivity index (χ3n) is 12.2. The summed E-state index contributed by atoms with van der Waals surface area (Å²) in [5.41, 5.74) is 0.512. The first-order valence-corrected chi connectivity index (χ1v) is 20.9. The number of amides is 4. The second-order valence-electron chi connectivity index (χ2n) is 16.4. The fraction of sp³-hybridized carbons (Fsp3) is 0.634. The zero-order valence-corrected chi connectivity index (χ0v) is 33.5. The Kier molecular flexibility index (Phi) is 14.3. The van der Waals surface area contributed by atoms with Gasteiger partial charge in [0.1, 0.15) is 17.2 Å². The summed E-state index contributed by atoms with van der Waals surface area (Å²) in [6, 6.07) is 5.87. The van der Waals surface area contributed by atoms with Crippen LogP contribution in [0, 0.1) is 0 Å². The van der Waals surface area contributed by atoms with Gasteiger partial charge in [-0.1, -0.05) is 12.1 Å². The van der Waals surface area contributed by atoms with E-state index in [9.17, 15) is 44.4 Å². The van der Waals surface area contributed by atoms with E-state index in [0.717, 1.165) is 55.0 Å². The Hall–Kier alpha value is -5.07. The number of aliphatic hydroxyl groups excluding tert-OH is 1. The Morgan fingerprint density at radius 3 is 2.10 bits per heavy atom. The number of aryl methyl sites for hydroxylation is 4. The number of carbonyl (C=O) groups is 5. The number of aliphatic carboxylic acids is 2. The van der Waals surface area contributed by atoms with E-state index in [1.54, 1.807) is 4.90 Å². The minimum Gasteiger partial charge on any atom is -0.480 e. The molecule has 322 valence electrons. The highest BCUT2D eigenvalue weighted by Gasteiger charge is 2.46. The quantitative estimate of drug-likeness (QED) is 0.108. The van der Waals surface area contributed by atoms with E-state index < -0.39 is 41.2 Å². The van der Waals surface area contributed by atoms with Gasteiger partial charge in [-0.15, -0.1) is 0 Å². The summed E-state index contributed by atoms with van der Waals surface area (Å²) in [6.45, 7) is 1.89. The van der Waals surface area contributed by atoms with Crippen molar-refractivity contribution < 1.29 is 49.5 Å². The van der Waals surface area contributed by atoms with Crippen LogP contribution in [0.15, 0.2) is 24.3 Å². The molecule has 0 saturated carbocycles. The third-order valence-corrected chi connectivity index (χ3v) is 12.2. The predicted molar refractivity (Wildman–Crippen MR) is 215 cm³/mol. The first-order chi connectivity index (χ1) is 28.2. The van der Waals surface area contributed by atoms with Crippen molar-refractivity contribution in [1.82, 2.24) is 30.4 Å². The van der Waals surface area contributed by atoms with Crippen molar-refractivity contribution in [3.63, 3.8) is 0 Å². The molecule has 2 unspecified atom stereocenters. The third kappa shape index (κ3) is 11.2. The number of carboxylic acids is 2. The molecule has 4 amide bonds. The van der Waals surface area contributed by atoms with Crippen molar-refractivity contribution in [1.29, 1.82) is 0 Å². The second-order valence-corrected chi connectivity index (χ2v) is 16.4. The number of carboxylic acid groups (broad SMARTS) is 2. The van der Waals surface area contributed by atoms with Crippen LogP contribution in [0.5, 0.6) is 0 Å². The van der Waals surface area contributed by atoms with Crippen LogP contribution in [0.1, 0.15) is 93.1 Å². The normalized spacial score (nSPS) is 20.4. The number of fused-ring (bicyclic) bond motifs is 2. The monoisotopic (exact) mass is 822 g/mol. The van der Waals surface area contributed by atoms with Crippen LogP contribution in [0.3, 0.4) is 0 Å². The lowest BCUT2D eigenvalue weighted by atomic mass is 9.83. The molecular weight excluding hydrogens is 764 g/mol. The molecule has 6 heterocycles. The molecule has 0 aromatic carbocycles. The number of hydrogen-bond acceptors (Lipinski definition) is 12. The number of carbonyl (C=O) groups excluding carboxylic acids is 3. The summed E-state index contributed by atoms with van der Waals surface area (Å²) in [4.78, 5) is 74.9. The molecule has 0 radical (unpaired) electrons. The minimum absolute atomic E-state index is 0.0235. The van der Waals surface area contributed by atoms with Gasteiger partial charge in [-0.05, 0) is 107 Å². The zero-order valence-electron chi connectivity index (χ0n) is 33.5. The number of aromatic nitrogens is 2. The summed E-state index contributed by atoms with van der Waals surface area (Å²) in [6.07, 6.45) is 5.19. The van der Waals surface area contributed by atoms with Crippen LogP contribution in [-0.2, 0) is 44.9 Å². The molecule has 0 aliphatic carbocycles. The van der Waals surface area contributed by atoms with E-state index in [-0.39, 0.29) is 76.3 Å². The van der Waals surface area contributed by atoms with Crippen LogP contribution in [0.25, 0.3) is 0 Å². The Morgan fingerprint density at radius 1 is 0.797 bits per heavy atom. The Morgan fingerprint density at radius 2 is 1.42 bits per heavy atom. The van der Waals surface area contributed by atoms with Gasteiger partial charge in [-0.2, -0.15) is 0 Å². The van der Waals surface area contributed by atoms with Crippen molar-refractivity contribution in [2.75, 3.05) is 49.9 Å². The molecule has 18 heteroatoms. The zero-order chi connectivity index (χ0) is 42.2. The molecule has 4 aliphatic rings. The molecule has 2 saturated heterocycles. The van der Waals surface area contributed by atoms with Gasteiger partial charge in [-0.3, -0.25) is 9.59 Å². The second kappa shape index (κ2) is 19.3. The van der Waals surface area contributed by atoms with Crippen LogP contribution in [-0.4, -0.2) is 144 Å². The molecule has 3 atom stereocenters. The largest absolute Gasteiger partial charge is 0.480 e. The Bertz CT molecular complexity index is 1850. The van der Waals surface area contributed by atoms with Crippen molar-refractivity contribution in [3.8, 4) is 0 Å². The van der Waals surface area contributed by atoms with E-state index in [1.165, 1.54) is 10.5 Å². The van der Waals surface area contributed by atoms with Gasteiger partial charge in [0.15, 0.2) is 12.1 Å². The van der Waals surface area contributed by atoms with E-state index >= 15 is 0 Å². The van der Waals surface area contributed by atoms with Gasteiger partial charge < -0.3 is 56.6 Å². The summed E-state index contributed by atoms with van der Waals surface area (Å²) in [5, 5.41) is 62.8. The van der Waals surface area contributed by atoms with Gasteiger partial charge >= 0.3 is 18.0 Å². The molecule has 2 aromatic heterocycles. The fourth-order valence-electron chi connectivity index (χ4n) is 8.47. The number of urea groups is 1. The van der Waals surface area contributed by atoms with Crippen LogP contribution in [0.2, 0.25) is 0 Å². The topological polar surface area (TPSA) is 267 Å². The Balaban J connectivity index is 0.895. The SMILES string of the molecule is O=C(CC1CCc2ccc(CCCNC(=O)N3CCC(O)(C(O)C(=O)O)CC3)nc2N1)N[C@@H](C(=O)O)C1(O)CCN(C(=O)CCCCc2ccc3c(n2)NCCC3)CC1. The fourth-order valence-corrected chi connectivity index (χ4v) is 8.47. The van der Waals surface area contributed by atoms with Gasteiger partial charge in [-0.25, -0.2) is 24.4 Å². The van der Waals surface area contributed by atoms with Crippen molar-refractivity contribution in [3.05, 3.63) is 46.8 Å². The van der Waals surface area contributed by atoms with Crippen LogP contribution >= 0.6 is 0 Å². The minimum atomic E-state index is -1.91. The number of nitrogens with one attached hydrogen (secondary N) is 4. The number of nitrogens with zero attached hydrogens (tertiary/aromatic N) is 4. The highest BCUT2D eigenvalue weighted by molar-refractivity contribution is 5.85. The lowest BCUT2D eigenvalue weighted by Gasteiger charge is -2.41. The molecular formula is C41H58N8O10. The highest BCUT2D eigenvalue weighted by Crippen LogP contribution is 2.30. The molecule has 0 bridgehead atoms. The van der Waals surface area contributed by atoms with E-state index in [0.29, 0.717) is 50.9 Å². The molecule has 2 aromatic rings. The number of piperidine rings is 2.